The van der Waals surface area contributed by atoms with Crippen LogP contribution in [0.15, 0.2) is 18.2 Å². The van der Waals surface area contributed by atoms with Crippen molar-refractivity contribution in [2.45, 2.75) is 32.4 Å². The molecule has 1 aliphatic rings. The van der Waals surface area contributed by atoms with Crippen LogP contribution in [0.3, 0.4) is 0 Å². The lowest BCUT2D eigenvalue weighted by atomic mass is 10.1. The van der Waals surface area contributed by atoms with Gasteiger partial charge in [0.05, 0.1) is 6.10 Å². The smallest absolute Gasteiger partial charge is 0.328 e. The second-order valence-electron chi connectivity index (χ2n) is 4.91. The van der Waals surface area contributed by atoms with Crippen molar-refractivity contribution >= 4 is 23.4 Å². The number of hydrogen-bond donors (Lipinski definition) is 1. The van der Waals surface area contributed by atoms with Crippen LogP contribution >= 0.6 is 11.3 Å². The van der Waals surface area contributed by atoms with Gasteiger partial charge in [0.1, 0.15) is 0 Å². The predicted octanol–water partition coefficient (Wildman–Crippen LogP) is 2.85. The molecule has 1 fully saturated rings. The zero-order chi connectivity index (χ0) is 14.4. The van der Waals surface area contributed by atoms with Crippen molar-refractivity contribution in [2.24, 2.45) is 0 Å². The van der Waals surface area contributed by atoms with Gasteiger partial charge in [-0.15, -0.1) is 11.3 Å². The van der Waals surface area contributed by atoms with Gasteiger partial charge in [-0.1, -0.05) is 0 Å². The number of carboxylic acids is 1. The summed E-state index contributed by atoms with van der Waals surface area (Å²) in [5, 5.41) is 8.61. The first-order valence-electron chi connectivity index (χ1n) is 7.01. The van der Waals surface area contributed by atoms with Crippen LogP contribution in [0.1, 0.15) is 29.5 Å². The fraction of sp³-hybridized carbons (Fsp3) is 0.533. The molecule has 0 aromatic carbocycles. The maximum absolute atomic E-state index is 10.5. The number of likely N-dealkylation sites (tertiary alicyclic amines) is 1. The predicted molar refractivity (Wildman–Crippen MR) is 80.9 cm³/mol. The molecule has 1 aliphatic heterocycles. The van der Waals surface area contributed by atoms with Gasteiger partial charge in [0.2, 0.25) is 0 Å². The lowest BCUT2D eigenvalue weighted by molar-refractivity contribution is -0.131. The van der Waals surface area contributed by atoms with Gasteiger partial charge in [-0.05, 0) is 38.0 Å². The summed E-state index contributed by atoms with van der Waals surface area (Å²) in [6.45, 7) is 5.94. The second kappa shape index (κ2) is 7.57. The fourth-order valence-corrected chi connectivity index (χ4v) is 3.37. The molecule has 2 heterocycles. The minimum atomic E-state index is -0.905. The van der Waals surface area contributed by atoms with E-state index in [1.54, 1.807) is 17.4 Å². The number of thiophene rings is 1. The monoisotopic (exact) mass is 295 g/mol. The Kier molecular flexibility index (Phi) is 5.76. The molecule has 0 radical (unpaired) electrons. The Labute approximate surface area is 123 Å². The first kappa shape index (κ1) is 15.2. The third-order valence-electron chi connectivity index (χ3n) is 3.39. The Morgan fingerprint density at radius 2 is 2.25 bits per heavy atom. The summed E-state index contributed by atoms with van der Waals surface area (Å²) in [5.74, 6) is -0.905. The van der Waals surface area contributed by atoms with E-state index in [4.69, 9.17) is 9.84 Å². The van der Waals surface area contributed by atoms with Crippen LogP contribution in [-0.2, 0) is 16.1 Å². The zero-order valence-electron chi connectivity index (χ0n) is 11.7. The molecule has 1 N–H and O–H groups in total. The highest BCUT2D eigenvalue weighted by Crippen LogP contribution is 2.22. The van der Waals surface area contributed by atoms with Gasteiger partial charge >= 0.3 is 5.97 Å². The third kappa shape index (κ3) is 4.74. The van der Waals surface area contributed by atoms with Crippen LogP contribution in [0, 0.1) is 0 Å². The van der Waals surface area contributed by atoms with E-state index >= 15 is 0 Å². The first-order valence-corrected chi connectivity index (χ1v) is 7.82. The molecule has 5 heteroatoms. The van der Waals surface area contributed by atoms with E-state index in [1.807, 2.05) is 13.0 Å². The van der Waals surface area contributed by atoms with E-state index in [1.165, 1.54) is 11.0 Å². The molecule has 0 atom stereocenters. The standard InChI is InChI=1S/C15H21NO3S/c1-2-19-12-7-9-16(10-8-12)11-14-4-3-13(20-14)5-6-15(17)18/h3-6,12H,2,7-11H2,1H3,(H,17,18). The van der Waals surface area contributed by atoms with E-state index < -0.39 is 5.97 Å². The van der Waals surface area contributed by atoms with Crippen molar-refractivity contribution in [3.63, 3.8) is 0 Å². The molecule has 1 aromatic rings. The van der Waals surface area contributed by atoms with E-state index in [2.05, 4.69) is 11.0 Å². The number of piperidine rings is 1. The summed E-state index contributed by atoms with van der Waals surface area (Å²) in [4.78, 5) is 15.2. The molecule has 0 aliphatic carbocycles. The highest BCUT2D eigenvalue weighted by molar-refractivity contribution is 7.12. The van der Waals surface area contributed by atoms with Crippen LogP contribution < -0.4 is 0 Å². The van der Waals surface area contributed by atoms with Crippen molar-refractivity contribution in [1.82, 2.24) is 4.90 Å². The number of hydrogen-bond acceptors (Lipinski definition) is 4. The van der Waals surface area contributed by atoms with E-state index in [0.717, 1.165) is 44.0 Å². The molecule has 110 valence electrons. The molecule has 4 nitrogen and oxygen atoms in total. The summed E-state index contributed by atoms with van der Waals surface area (Å²) < 4.78 is 5.65. The minimum absolute atomic E-state index is 0.425. The minimum Gasteiger partial charge on any atom is -0.478 e. The van der Waals surface area contributed by atoms with Crippen molar-refractivity contribution in [3.8, 4) is 0 Å². The number of carboxylic acid groups (broad SMARTS) is 1. The van der Waals surface area contributed by atoms with Gasteiger partial charge < -0.3 is 9.84 Å². The number of ether oxygens (including phenoxy) is 1. The van der Waals surface area contributed by atoms with Crippen molar-refractivity contribution in [3.05, 3.63) is 28.0 Å². The summed E-state index contributed by atoms with van der Waals surface area (Å²) >= 11 is 1.66. The maximum Gasteiger partial charge on any atom is 0.328 e. The molecule has 0 unspecified atom stereocenters. The van der Waals surface area contributed by atoms with Crippen molar-refractivity contribution < 1.29 is 14.6 Å². The SMILES string of the molecule is CCOC1CCN(Cc2ccc(C=CC(=O)O)s2)CC1. The highest BCUT2D eigenvalue weighted by Gasteiger charge is 2.19. The lowest BCUT2D eigenvalue weighted by Gasteiger charge is -2.31. The van der Waals surface area contributed by atoms with Gasteiger partial charge in [-0.2, -0.15) is 0 Å². The normalized spacial score (nSPS) is 17.9. The summed E-state index contributed by atoms with van der Waals surface area (Å²) in [6, 6.07) is 4.06. The van der Waals surface area contributed by atoms with Crippen molar-refractivity contribution in [2.75, 3.05) is 19.7 Å². The Balaban J connectivity index is 1.81. The quantitative estimate of drug-likeness (QED) is 0.820. The molecule has 0 bridgehead atoms. The van der Waals surface area contributed by atoms with Crippen molar-refractivity contribution in [1.29, 1.82) is 0 Å². The number of carbonyl (C=O) groups is 1. The Morgan fingerprint density at radius 3 is 2.90 bits per heavy atom. The molecule has 0 amide bonds. The van der Waals surface area contributed by atoms with E-state index in [9.17, 15) is 4.79 Å². The fourth-order valence-electron chi connectivity index (χ4n) is 2.41. The molecule has 1 aromatic heterocycles. The molecule has 0 saturated carbocycles. The zero-order valence-corrected chi connectivity index (χ0v) is 12.6. The summed E-state index contributed by atoms with van der Waals surface area (Å²) in [7, 11) is 0. The molecule has 2 rings (SSSR count). The third-order valence-corrected chi connectivity index (χ3v) is 4.42. The van der Waals surface area contributed by atoms with Gasteiger partial charge in [0, 0.05) is 42.1 Å². The number of rotatable bonds is 6. The van der Waals surface area contributed by atoms with Crippen LogP contribution in [0.25, 0.3) is 6.08 Å². The average Bonchev–Trinajstić information content (AvgIpc) is 2.87. The van der Waals surface area contributed by atoms with Crippen LogP contribution in [0.2, 0.25) is 0 Å². The van der Waals surface area contributed by atoms with Gasteiger partial charge in [-0.25, -0.2) is 4.79 Å². The molecule has 0 spiro atoms. The lowest BCUT2D eigenvalue weighted by Crippen LogP contribution is -2.36. The average molecular weight is 295 g/mol. The Bertz CT molecular complexity index is 461. The summed E-state index contributed by atoms with van der Waals surface area (Å²) in [6.07, 6.45) is 5.46. The van der Waals surface area contributed by atoms with Crippen LogP contribution in [-0.4, -0.2) is 41.8 Å². The highest BCUT2D eigenvalue weighted by atomic mass is 32.1. The van der Waals surface area contributed by atoms with Gasteiger partial charge in [0.25, 0.3) is 0 Å². The number of aliphatic carboxylic acids is 1. The molecular weight excluding hydrogens is 274 g/mol. The largest absolute Gasteiger partial charge is 0.478 e. The molecule has 20 heavy (non-hydrogen) atoms. The maximum atomic E-state index is 10.5. The van der Waals surface area contributed by atoms with Gasteiger partial charge in [0.15, 0.2) is 0 Å². The Morgan fingerprint density at radius 1 is 1.50 bits per heavy atom. The number of nitrogens with zero attached hydrogens (tertiary/aromatic N) is 1. The molecular formula is C15H21NO3S. The second-order valence-corrected chi connectivity index (χ2v) is 6.11. The topological polar surface area (TPSA) is 49.8 Å². The van der Waals surface area contributed by atoms with Gasteiger partial charge in [-0.3, -0.25) is 4.90 Å². The van der Waals surface area contributed by atoms with E-state index in [-0.39, 0.29) is 0 Å². The molecule has 1 saturated heterocycles. The van der Waals surface area contributed by atoms with E-state index in [0.29, 0.717) is 6.10 Å². The summed E-state index contributed by atoms with van der Waals surface area (Å²) in [5.41, 5.74) is 0. The van der Waals surface area contributed by atoms with Crippen LogP contribution in [0.4, 0.5) is 0 Å². The Hall–Kier alpha value is -1.17. The first-order chi connectivity index (χ1) is 9.67. The van der Waals surface area contributed by atoms with Crippen LogP contribution in [0.5, 0.6) is 0 Å².